The summed E-state index contributed by atoms with van der Waals surface area (Å²) in [6.45, 7) is 0. The van der Waals surface area contributed by atoms with Crippen molar-refractivity contribution >= 4 is 0 Å². The molecule has 0 aliphatic carbocycles. The second-order valence-corrected chi connectivity index (χ2v) is 2.34. The van der Waals surface area contributed by atoms with Crippen LogP contribution >= 0.6 is 0 Å². The van der Waals surface area contributed by atoms with Crippen LogP contribution in [0, 0.1) is 73.7 Å². The normalized spacial score (nSPS) is 7.50. The summed E-state index contributed by atoms with van der Waals surface area (Å²) < 4.78 is 76.7. The monoisotopic (exact) mass is 647 g/mol. The Kier molecular flexibility index (Phi) is 54.4. The Bertz CT molecular complexity index is 116. The first-order valence-electron chi connectivity index (χ1n) is 1.39. The molecule has 0 aliphatic rings. The Hall–Kier alpha value is 3.19. The minimum absolute atomic E-state index is 0. The molecule has 0 amide bonds. The van der Waals surface area contributed by atoms with E-state index in [4.69, 9.17) is 36.6 Å². The molecule has 0 saturated carbocycles. The van der Waals surface area contributed by atoms with Gasteiger partial charge in [-0.2, -0.15) is 0 Å². The van der Waals surface area contributed by atoms with E-state index < -0.39 is 43.5 Å². The molecule has 0 saturated heterocycles. The molecular formula is Mn3O9Tm2. The number of rotatable bonds is 0. The van der Waals surface area contributed by atoms with Crippen molar-refractivity contribution in [3.63, 3.8) is 0 Å². The molecule has 0 atom stereocenters. The van der Waals surface area contributed by atoms with Crippen molar-refractivity contribution in [1.29, 1.82) is 0 Å². The van der Waals surface area contributed by atoms with Crippen molar-refractivity contribution < 1.29 is 154 Å². The van der Waals surface area contributed by atoms with Crippen LogP contribution in [-0.2, 0) is 55.0 Å². The van der Waals surface area contributed by atoms with Gasteiger partial charge in [0.25, 0.3) is 0 Å². The van der Waals surface area contributed by atoms with Gasteiger partial charge in [-0.05, 0) is 0 Å². The predicted octanol–water partition coefficient (Wildman–Crippen LogP) is -7.50. The Morgan fingerprint density at radius 1 is 0.500 bits per heavy atom. The summed E-state index contributed by atoms with van der Waals surface area (Å²) in [6, 6.07) is 0. The second-order valence-electron chi connectivity index (χ2n) is 0.567. The van der Waals surface area contributed by atoms with Gasteiger partial charge in [0.2, 0.25) is 0 Å². The fourth-order valence-corrected chi connectivity index (χ4v) is 0. The fraction of sp³-hybridized carbons (Fsp3) is 0. The van der Waals surface area contributed by atoms with Crippen molar-refractivity contribution in [1.82, 2.24) is 0 Å². The van der Waals surface area contributed by atoms with E-state index in [1.165, 1.54) is 0 Å². The summed E-state index contributed by atoms with van der Waals surface area (Å²) in [5.74, 6) is 0. The average Bonchev–Trinajstić information content (AvgIpc) is 1.54. The molecule has 0 aromatic carbocycles. The molecule has 0 radical (unpaired) electrons. The quantitative estimate of drug-likeness (QED) is 0.230. The Balaban J connectivity index is -0.0000000270. The van der Waals surface area contributed by atoms with Crippen molar-refractivity contribution in [3.05, 3.63) is 0 Å². The summed E-state index contributed by atoms with van der Waals surface area (Å²) in [4.78, 5) is 0. The zero-order valence-electron chi connectivity index (χ0n) is 5.36. The van der Waals surface area contributed by atoms with Crippen LogP contribution in [0.1, 0.15) is 0 Å². The topological polar surface area (TPSA) is 190 Å². The van der Waals surface area contributed by atoms with Gasteiger partial charge >= 0.3 is 154 Å². The maximum atomic E-state index is 8.52. The van der Waals surface area contributed by atoms with Gasteiger partial charge < -0.3 is 0 Å². The predicted molar refractivity (Wildman–Crippen MR) is 2.06 cm³/mol. The van der Waals surface area contributed by atoms with Gasteiger partial charge in [0.1, 0.15) is 0 Å². The molecule has 0 aromatic heterocycles. The first kappa shape index (κ1) is 30.3. The van der Waals surface area contributed by atoms with E-state index in [-0.39, 0.29) is 73.7 Å². The van der Waals surface area contributed by atoms with Crippen LogP contribution in [0.3, 0.4) is 0 Å². The van der Waals surface area contributed by atoms with Crippen molar-refractivity contribution in [2.75, 3.05) is 0 Å². The molecule has 0 bridgehead atoms. The third-order valence-electron chi connectivity index (χ3n) is 0. The van der Waals surface area contributed by atoms with Crippen LogP contribution in [0.5, 0.6) is 0 Å². The molecule has 14 heteroatoms. The van der Waals surface area contributed by atoms with E-state index in [1.54, 1.807) is 0 Å². The average molecular weight is 647 g/mol. The first-order valence-corrected chi connectivity index (χ1v) is 5.73. The summed E-state index contributed by atoms with van der Waals surface area (Å²) >= 11 is -10.9. The van der Waals surface area contributed by atoms with Crippen molar-refractivity contribution in [3.8, 4) is 0 Å². The van der Waals surface area contributed by atoms with Crippen molar-refractivity contribution in [2.24, 2.45) is 0 Å². The minimum Gasteiger partial charge on any atom is 3.00 e. The maximum absolute atomic E-state index is 8.52. The van der Waals surface area contributed by atoms with Gasteiger partial charge in [-0.25, -0.2) is 0 Å². The zero-order valence-corrected chi connectivity index (χ0v) is 12.5. The first-order chi connectivity index (χ1) is 5.20. The van der Waals surface area contributed by atoms with Crippen molar-refractivity contribution in [2.45, 2.75) is 0 Å². The van der Waals surface area contributed by atoms with E-state index in [0.29, 0.717) is 0 Å². The van der Waals surface area contributed by atoms with Gasteiger partial charge in [0.15, 0.2) is 0 Å². The third kappa shape index (κ3) is 301. The molecular weight excluding hydrogens is 647 g/mol. The summed E-state index contributed by atoms with van der Waals surface area (Å²) in [5.41, 5.74) is 0. The molecule has 9 nitrogen and oxygen atoms in total. The van der Waals surface area contributed by atoms with Crippen LogP contribution in [0.2, 0.25) is 0 Å². The molecule has 0 heterocycles. The number of hydrogen-bond acceptors (Lipinski definition) is 9. The van der Waals surface area contributed by atoms with E-state index in [2.05, 4.69) is 0 Å². The molecule has 0 fully saturated rings. The molecule has 0 aromatic rings. The number of hydrogen-bond donors (Lipinski definition) is 0. The maximum Gasteiger partial charge on any atom is 3.00 e. The molecule has 14 heavy (non-hydrogen) atoms. The fourth-order valence-electron chi connectivity index (χ4n) is 0. The molecule has 0 unspecified atom stereocenters. The van der Waals surface area contributed by atoms with Crippen LogP contribution in [0.25, 0.3) is 0 Å². The molecule has 0 aliphatic heterocycles. The third-order valence-corrected chi connectivity index (χ3v) is 0. The Morgan fingerprint density at radius 3 is 0.500 bits per heavy atom. The van der Waals surface area contributed by atoms with Gasteiger partial charge in [-0.3, -0.25) is 0 Å². The molecule has 0 rings (SSSR count). The van der Waals surface area contributed by atoms with Gasteiger partial charge in [0, 0.05) is 0 Å². The zero-order chi connectivity index (χ0) is 10.7. The van der Waals surface area contributed by atoms with Crippen LogP contribution in [-0.4, -0.2) is 0 Å². The molecule has 0 N–H and O–H groups in total. The van der Waals surface area contributed by atoms with Crippen LogP contribution < -0.4 is 25.1 Å². The van der Waals surface area contributed by atoms with Gasteiger partial charge in [0.05, 0.1) is 0 Å². The molecule has 101 valence electrons. The summed E-state index contributed by atoms with van der Waals surface area (Å²) in [5, 5.41) is 0. The SMILES string of the molecule is [O]=[Mn]([O-])[O-].[O]=[Mn]([O-])[O-].[O]=[Mn]([O-])[O-].[Tm+3].[Tm+3]. The largest absolute Gasteiger partial charge is 3.00 e. The summed E-state index contributed by atoms with van der Waals surface area (Å²) in [6.07, 6.45) is 0. The van der Waals surface area contributed by atoms with Crippen LogP contribution in [0.15, 0.2) is 0 Å². The summed E-state index contributed by atoms with van der Waals surface area (Å²) in [7, 11) is 0. The van der Waals surface area contributed by atoms with Gasteiger partial charge in [-0.1, -0.05) is 0 Å². The van der Waals surface area contributed by atoms with E-state index in [1.807, 2.05) is 0 Å². The minimum atomic E-state index is -3.65. The van der Waals surface area contributed by atoms with Crippen LogP contribution in [0.4, 0.5) is 0 Å². The Labute approximate surface area is 151 Å². The Morgan fingerprint density at radius 2 is 0.500 bits per heavy atom. The van der Waals surface area contributed by atoms with E-state index in [0.717, 1.165) is 0 Å². The van der Waals surface area contributed by atoms with Gasteiger partial charge in [-0.15, -0.1) is 0 Å². The van der Waals surface area contributed by atoms with E-state index >= 15 is 0 Å². The smallest absolute Gasteiger partial charge is 3.00 e. The molecule has 0 spiro atoms. The standard InChI is InChI=1S/3Mn.9O.2Tm/q;;;;;;6*-1;2*+3. The second kappa shape index (κ2) is 25.1. The van der Waals surface area contributed by atoms with E-state index in [9.17, 15) is 0 Å².